The van der Waals surface area contributed by atoms with Crippen molar-refractivity contribution in [1.29, 1.82) is 0 Å². The van der Waals surface area contributed by atoms with E-state index >= 15 is 0 Å². The molecule has 3 nitrogen and oxygen atoms in total. The lowest BCUT2D eigenvalue weighted by Gasteiger charge is -2.11. The summed E-state index contributed by atoms with van der Waals surface area (Å²) in [6.45, 7) is 6.15. The normalized spacial score (nSPS) is 10.3. The van der Waals surface area contributed by atoms with Crippen LogP contribution in [0.2, 0.25) is 0 Å². The molecule has 2 rings (SSSR count). The molecule has 0 amide bonds. The highest BCUT2D eigenvalue weighted by Crippen LogP contribution is 2.27. The fraction of sp³-hybridized carbons (Fsp3) is 0.200. The SMILES string of the molecule is Cc1cc(C)c(C)c(Oc2ccc(C(N)=S)cn2)c1. The first kappa shape index (κ1) is 13.5. The smallest absolute Gasteiger partial charge is 0.219 e. The molecule has 0 radical (unpaired) electrons. The number of ether oxygens (including phenoxy) is 1. The Morgan fingerprint density at radius 2 is 1.95 bits per heavy atom. The van der Waals surface area contributed by atoms with Gasteiger partial charge in [0.25, 0.3) is 0 Å². The van der Waals surface area contributed by atoms with Crippen molar-refractivity contribution in [3.8, 4) is 11.6 Å². The van der Waals surface area contributed by atoms with Crippen LogP contribution in [0.5, 0.6) is 11.6 Å². The van der Waals surface area contributed by atoms with Crippen molar-refractivity contribution in [2.75, 3.05) is 0 Å². The van der Waals surface area contributed by atoms with E-state index in [9.17, 15) is 0 Å². The van der Waals surface area contributed by atoms with Crippen LogP contribution < -0.4 is 10.5 Å². The molecule has 0 saturated heterocycles. The van der Waals surface area contributed by atoms with E-state index in [2.05, 4.69) is 18.0 Å². The Balaban J connectivity index is 2.28. The minimum atomic E-state index is 0.335. The fourth-order valence-corrected chi connectivity index (χ4v) is 1.93. The third-order valence-corrected chi connectivity index (χ3v) is 3.24. The lowest BCUT2D eigenvalue weighted by molar-refractivity contribution is 0.458. The lowest BCUT2D eigenvalue weighted by Crippen LogP contribution is -2.09. The van der Waals surface area contributed by atoms with E-state index in [1.165, 1.54) is 5.56 Å². The van der Waals surface area contributed by atoms with Crippen LogP contribution in [0.15, 0.2) is 30.5 Å². The van der Waals surface area contributed by atoms with E-state index in [0.29, 0.717) is 10.9 Å². The quantitative estimate of drug-likeness (QED) is 0.870. The summed E-state index contributed by atoms with van der Waals surface area (Å²) in [7, 11) is 0. The highest BCUT2D eigenvalue weighted by Gasteiger charge is 2.06. The molecular formula is C15H16N2OS. The Labute approximate surface area is 118 Å². The largest absolute Gasteiger partial charge is 0.439 e. The first-order chi connectivity index (χ1) is 8.97. The predicted molar refractivity (Wildman–Crippen MR) is 80.9 cm³/mol. The van der Waals surface area contributed by atoms with Crippen LogP contribution >= 0.6 is 12.2 Å². The molecule has 0 saturated carbocycles. The van der Waals surface area contributed by atoms with Gasteiger partial charge in [0, 0.05) is 17.8 Å². The van der Waals surface area contributed by atoms with Crippen molar-refractivity contribution < 1.29 is 4.74 Å². The molecule has 19 heavy (non-hydrogen) atoms. The molecule has 2 aromatic rings. The van der Waals surface area contributed by atoms with Crippen molar-refractivity contribution in [3.05, 3.63) is 52.7 Å². The summed E-state index contributed by atoms with van der Waals surface area (Å²) in [5, 5.41) is 0. The van der Waals surface area contributed by atoms with Gasteiger partial charge < -0.3 is 10.5 Å². The molecule has 0 atom stereocenters. The second-order valence-corrected chi connectivity index (χ2v) is 5.00. The summed E-state index contributed by atoms with van der Waals surface area (Å²) < 4.78 is 5.81. The first-order valence-corrected chi connectivity index (χ1v) is 6.40. The molecule has 0 bridgehead atoms. The van der Waals surface area contributed by atoms with Gasteiger partial charge in [-0.05, 0) is 49.6 Å². The van der Waals surface area contributed by atoms with Gasteiger partial charge in [0.05, 0.1) is 0 Å². The third-order valence-electron chi connectivity index (χ3n) is 3.00. The van der Waals surface area contributed by atoms with Crippen molar-refractivity contribution in [2.24, 2.45) is 5.73 Å². The van der Waals surface area contributed by atoms with Gasteiger partial charge in [0.15, 0.2) is 0 Å². The van der Waals surface area contributed by atoms with Crippen molar-refractivity contribution in [3.63, 3.8) is 0 Å². The highest BCUT2D eigenvalue weighted by atomic mass is 32.1. The summed E-state index contributed by atoms with van der Waals surface area (Å²) in [6, 6.07) is 7.71. The van der Waals surface area contributed by atoms with Crippen molar-refractivity contribution >= 4 is 17.2 Å². The zero-order chi connectivity index (χ0) is 14.0. The van der Waals surface area contributed by atoms with Crippen LogP contribution in [-0.2, 0) is 0 Å². The molecule has 0 aliphatic carbocycles. The van der Waals surface area contributed by atoms with Gasteiger partial charge in [-0.3, -0.25) is 0 Å². The maximum absolute atomic E-state index is 5.81. The molecule has 0 spiro atoms. The molecule has 1 aromatic carbocycles. The van der Waals surface area contributed by atoms with E-state index in [4.69, 9.17) is 22.7 Å². The van der Waals surface area contributed by atoms with Crippen molar-refractivity contribution in [2.45, 2.75) is 20.8 Å². The number of rotatable bonds is 3. The monoisotopic (exact) mass is 272 g/mol. The number of hydrogen-bond donors (Lipinski definition) is 1. The zero-order valence-corrected chi connectivity index (χ0v) is 12.0. The molecule has 0 aliphatic heterocycles. The van der Waals surface area contributed by atoms with Gasteiger partial charge in [-0.1, -0.05) is 18.3 Å². The van der Waals surface area contributed by atoms with Crippen LogP contribution in [0.3, 0.4) is 0 Å². The molecule has 2 N–H and O–H groups in total. The number of hydrogen-bond acceptors (Lipinski definition) is 3. The molecule has 1 heterocycles. The molecule has 1 aromatic heterocycles. The fourth-order valence-electron chi connectivity index (χ4n) is 1.81. The van der Waals surface area contributed by atoms with Gasteiger partial charge in [0.2, 0.25) is 5.88 Å². The first-order valence-electron chi connectivity index (χ1n) is 5.99. The van der Waals surface area contributed by atoms with Crippen molar-refractivity contribution in [1.82, 2.24) is 4.98 Å². The summed E-state index contributed by atoms with van der Waals surface area (Å²) in [4.78, 5) is 4.54. The van der Waals surface area contributed by atoms with E-state index in [0.717, 1.165) is 22.4 Å². The van der Waals surface area contributed by atoms with Gasteiger partial charge >= 0.3 is 0 Å². The van der Waals surface area contributed by atoms with E-state index in [1.807, 2.05) is 26.0 Å². The molecule has 4 heteroatoms. The standard InChI is InChI=1S/C15H16N2OS/c1-9-6-10(2)11(3)13(7-9)18-14-5-4-12(8-17-14)15(16)19/h4-8H,1-3H3,(H2,16,19). The van der Waals surface area contributed by atoms with E-state index in [1.54, 1.807) is 12.3 Å². The van der Waals surface area contributed by atoms with Crippen LogP contribution in [0.25, 0.3) is 0 Å². The maximum Gasteiger partial charge on any atom is 0.219 e. The maximum atomic E-state index is 5.81. The Kier molecular flexibility index (Phi) is 3.81. The van der Waals surface area contributed by atoms with Gasteiger partial charge in [0.1, 0.15) is 10.7 Å². The van der Waals surface area contributed by atoms with E-state index < -0.39 is 0 Å². The van der Waals surface area contributed by atoms with Crippen LogP contribution in [-0.4, -0.2) is 9.97 Å². The summed E-state index contributed by atoms with van der Waals surface area (Å²) in [5.41, 5.74) is 9.75. The summed E-state index contributed by atoms with van der Waals surface area (Å²) >= 11 is 4.89. The Bertz CT molecular complexity index is 621. The number of nitrogens with zero attached hydrogens (tertiary/aromatic N) is 1. The number of pyridine rings is 1. The number of aryl methyl sites for hydroxylation is 2. The van der Waals surface area contributed by atoms with Crippen LogP contribution in [0, 0.1) is 20.8 Å². The topological polar surface area (TPSA) is 48.1 Å². The molecule has 0 unspecified atom stereocenters. The summed E-state index contributed by atoms with van der Waals surface area (Å²) in [6.07, 6.45) is 1.62. The molecule has 0 aliphatic rings. The highest BCUT2D eigenvalue weighted by molar-refractivity contribution is 7.80. The van der Waals surface area contributed by atoms with Gasteiger partial charge in [-0.2, -0.15) is 0 Å². The Hall–Kier alpha value is -1.94. The number of nitrogens with two attached hydrogens (primary N) is 1. The van der Waals surface area contributed by atoms with Crippen LogP contribution in [0.1, 0.15) is 22.3 Å². The molecule has 0 fully saturated rings. The average Bonchev–Trinajstić information content (AvgIpc) is 2.36. The van der Waals surface area contributed by atoms with E-state index in [-0.39, 0.29) is 0 Å². The van der Waals surface area contributed by atoms with Crippen LogP contribution in [0.4, 0.5) is 0 Å². The average molecular weight is 272 g/mol. The van der Waals surface area contributed by atoms with Gasteiger partial charge in [-0.15, -0.1) is 0 Å². The predicted octanol–water partition coefficient (Wildman–Crippen LogP) is 3.43. The Morgan fingerprint density at radius 1 is 1.21 bits per heavy atom. The second-order valence-electron chi connectivity index (χ2n) is 4.56. The second kappa shape index (κ2) is 5.36. The number of aromatic nitrogens is 1. The Morgan fingerprint density at radius 3 is 2.53 bits per heavy atom. The third kappa shape index (κ3) is 3.09. The lowest BCUT2D eigenvalue weighted by atomic mass is 10.1. The minimum absolute atomic E-state index is 0.335. The molecular weight excluding hydrogens is 256 g/mol. The molecule has 98 valence electrons. The van der Waals surface area contributed by atoms with Gasteiger partial charge in [-0.25, -0.2) is 4.98 Å². The minimum Gasteiger partial charge on any atom is -0.439 e. The number of benzene rings is 1. The number of thiocarbonyl (C=S) groups is 1. The zero-order valence-electron chi connectivity index (χ0n) is 11.2. The summed E-state index contributed by atoms with van der Waals surface area (Å²) in [5.74, 6) is 1.36.